The van der Waals surface area contributed by atoms with Crippen molar-refractivity contribution >= 4 is 6.08 Å². The Morgan fingerprint density at radius 1 is 1.62 bits per heavy atom. The molecule has 1 aliphatic rings. The number of nitrogens with two attached hydrogens (primary N) is 1. The summed E-state index contributed by atoms with van der Waals surface area (Å²) in [5, 5.41) is 0. The molecule has 0 aromatic carbocycles. The van der Waals surface area contributed by atoms with E-state index in [9.17, 15) is 0 Å². The molecule has 1 aliphatic carbocycles. The number of aromatic nitrogens is 1. The second-order valence-electron chi connectivity index (χ2n) is 3.10. The number of ether oxygens (including phenoxy) is 1. The van der Waals surface area contributed by atoms with E-state index in [-0.39, 0.29) is 6.04 Å². The van der Waals surface area contributed by atoms with E-state index in [1.54, 1.807) is 13.3 Å². The fourth-order valence-corrected chi connectivity index (χ4v) is 1.55. The van der Waals surface area contributed by atoms with Crippen molar-refractivity contribution in [1.82, 2.24) is 4.98 Å². The average Bonchev–Trinajstić information content (AvgIpc) is 2.18. The molecule has 3 heteroatoms. The van der Waals surface area contributed by atoms with Crippen molar-refractivity contribution in [2.45, 2.75) is 12.5 Å². The molecule has 0 radical (unpaired) electrons. The van der Waals surface area contributed by atoms with Crippen molar-refractivity contribution in [2.75, 3.05) is 7.11 Å². The molecule has 0 aliphatic heterocycles. The highest BCUT2D eigenvalue weighted by atomic mass is 16.5. The number of hydrogen-bond acceptors (Lipinski definition) is 3. The summed E-state index contributed by atoms with van der Waals surface area (Å²) >= 11 is 0. The number of hydrogen-bond donors (Lipinski definition) is 1. The molecular formula is C10H12N2O. The molecule has 0 saturated carbocycles. The van der Waals surface area contributed by atoms with Gasteiger partial charge in [-0.25, -0.2) is 0 Å². The molecule has 0 fully saturated rings. The minimum Gasteiger partial charge on any atom is -0.501 e. The molecule has 2 N–H and O–H groups in total. The van der Waals surface area contributed by atoms with Crippen LogP contribution in [0, 0.1) is 0 Å². The van der Waals surface area contributed by atoms with E-state index in [2.05, 4.69) is 4.98 Å². The van der Waals surface area contributed by atoms with Gasteiger partial charge in [-0.3, -0.25) is 4.98 Å². The van der Waals surface area contributed by atoms with Crippen LogP contribution in [0.3, 0.4) is 0 Å². The van der Waals surface area contributed by atoms with Gasteiger partial charge in [0.2, 0.25) is 0 Å². The number of pyridine rings is 1. The van der Waals surface area contributed by atoms with Crippen molar-refractivity contribution in [2.24, 2.45) is 5.73 Å². The van der Waals surface area contributed by atoms with Crippen LogP contribution in [0.25, 0.3) is 6.08 Å². The second-order valence-corrected chi connectivity index (χ2v) is 3.10. The zero-order valence-corrected chi connectivity index (χ0v) is 7.53. The van der Waals surface area contributed by atoms with E-state index in [0.717, 1.165) is 23.4 Å². The maximum absolute atomic E-state index is 5.93. The Balaban J connectivity index is 2.46. The van der Waals surface area contributed by atoms with E-state index < -0.39 is 0 Å². The molecule has 68 valence electrons. The largest absolute Gasteiger partial charge is 0.501 e. The standard InChI is InChI=1S/C10H12N2O/c1-13-8-5-7-3-2-4-12-10(7)9(11)6-8/h2-5,9H,6,11H2,1H3. The second kappa shape index (κ2) is 3.18. The van der Waals surface area contributed by atoms with E-state index in [4.69, 9.17) is 10.5 Å². The predicted octanol–water partition coefficient (Wildman–Crippen LogP) is 1.47. The van der Waals surface area contributed by atoms with E-state index in [1.165, 1.54) is 0 Å². The maximum Gasteiger partial charge on any atom is 0.0981 e. The maximum atomic E-state index is 5.93. The fourth-order valence-electron chi connectivity index (χ4n) is 1.55. The highest BCUT2D eigenvalue weighted by Crippen LogP contribution is 2.28. The SMILES string of the molecule is COC1=Cc2cccnc2C(N)C1. The lowest BCUT2D eigenvalue weighted by atomic mass is 9.97. The molecule has 1 heterocycles. The van der Waals surface area contributed by atoms with Gasteiger partial charge < -0.3 is 10.5 Å². The Bertz CT molecular complexity index is 347. The third kappa shape index (κ3) is 1.42. The molecule has 0 saturated heterocycles. The first-order chi connectivity index (χ1) is 6.31. The van der Waals surface area contributed by atoms with Crippen LogP contribution in [0.4, 0.5) is 0 Å². The summed E-state index contributed by atoms with van der Waals surface area (Å²) in [6.45, 7) is 0. The molecular weight excluding hydrogens is 164 g/mol. The van der Waals surface area contributed by atoms with Crippen LogP contribution in [0.15, 0.2) is 24.1 Å². The van der Waals surface area contributed by atoms with Crippen LogP contribution in [0.2, 0.25) is 0 Å². The molecule has 2 rings (SSSR count). The Kier molecular flexibility index (Phi) is 2.02. The molecule has 1 aromatic heterocycles. The first-order valence-electron chi connectivity index (χ1n) is 4.26. The number of nitrogens with zero attached hydrogens (tertiary/aromatic N) is 1. The van der Waals surface area contributed by atoms with Gasteiger partial charge in [-0.05, 0) is 12.1 Å². The summed E-state index contributed by atoms with van der Waals surface area (Å²) < 4.78 is 5.17. The summed E-state index contributed by atoms with van der Waals surface area (Å²) in [6.07, 6.45) is 4.50. The Morgan fingerprint density at radius 2 is 2.46 bits per heavy atom. The first-order valence-corrected chi connectivity index (χ1v) is 4.26. The third-order valence-electron chi connectivity index (χ3n) is 2.22. The first kappa shape index (κ1) is 8.26. The Hall–Kier alpha value is -1.35. The Morgan fingerprint density at radius 3 is 3.23 bits per heavy atom. The summed E-state index contributed by atoms with van der Waals surface area (Å²) in [5.41, 5.74) is 7.96. The van der Waals surface area contributed by atoms with Crippen molar-refractivity contribution in [1.29, 1.82) is 0 Å². The summed E-state index contributed by atoms with van der Waals surface area (Å²) in [6, 6.07) is 3.87. The number of rotatable bonds is 1. The van der Waals surface area contributed by atoms with Gasteiger partial charge in [0, 0.05) is 18.2 Å². The van der Waals surface area contributed by atoms with Gasteiger partial charge in [0.1, 0.15) is 0 Å². The third-order valence-corrected chi connectivity index (χ3v) is 2.22. The molecule has 0 spiro atoms. The predicted molar refractivity (Wildman–Crippen MR) is 50.8 cm³/mol. The molecule has 1 aromatic rings. The molecule has 1 unspecified atom stereocenters. The lowest BCUT2D eigenvalue weighted by Gasteiger charge is -2.20. The average molecular weight is 176 g/mol. The fraction of sp³-hybridized carbons (Fsp3) is 0.300. The van der Waals surface area contributed by atoms with Crippen LogP contribution in [-0.2, 0) is 4.74 Å². The highest BCUT2D eigenvalue weighted by molar-refractivity contribution is 5.57. The van der Waals surface area contributed by atoms with Crippen molar-refractivity contribution in [3.8, 4) is 0 Å². The van der Waals surface area contributed by atoms with Gasteiger partial charge in [-0.15, -0.1) is 0 Å². The molecule has 0 bridgehead atoms. The number of fused-ring (bicyclic) bond motifs is 1. The molecule has 0 amide bonds. The monoisotopic (exact) mass is 176 g/mol. The lowest BCUT2D eigenvalue weighted by molar-refractivity contribution is 0.272. The zero-order valence-electron chi connectivity index (χ0n) is 7.53. The highest BCUT2D eigenvalue weighted by Gasteiger charge is 2.18. The summed E-state index contributed by atoms with van der Waals surface area (Å²) in [7, 11) is 1.67. The van der Waals surface area contributed by atoms with Crippen LogP contribution in [0.5, 0.6) is 0 Å². The van der Waals surface area contributed by atoms with Crippen molar-refractivity contribution in [3.63, 3.8) is 0 Å². The quantitative estimate of drug-likeness (QED) is 0.705. The van der Waals surface area contributed by atoms with E-state index in [1.807, 2.05) is 18.2 Å². The van der Waals surface area contributed by atoms with Gasteiger partial charge in [0.15, 0.2) is 0 Å². The van der Waals surface area contributed by atoms with Crippen LogP contribution in [-0.4, -0.2) is 12.1 Å². The van der Waals surface area contributed by atoms with Crippen molar-refractivity contribution < 1.29 is 4.74 Å². The van der Waals surface area contributed by atoms with E-state index >= 15 is 0 Å². The van der Waals surface area contributed by atoms with Gasteiger partial charge in [-0.2, -0.15) is 0 Å². The van der Waals surface area contributed by atoms with Crippen LogP contribution < -0.4 is 5.73 Å². The van der Waals surface area contributed by atoms with Crippen molar-refractivity contribution in [3.05, 3.63) is 35.3 Å². The van der Waals surface area contributed by atoms with Gasteiger partial charge in [-0.1, -0.05) is 6.07 Å². The zero-order chi connectivity index (χ0) is 9.26. The minimum absolute atomic E-state index is 0.0313. The molecule has 3 nitrogen and oxygen atoms in total. The molecule has 13 heavy (non-hydrogen) atoms. The topological polar surface area (TPSA) is 48.1 Å². The van der Waals surface area contributed by atoms with Crippen LogP contribution in [0.1, 0.15) is 23.7 Å². The molecule has 1 atom stereocenters. The number of methoxy groups -OCH3 is 1. The van der Waals surface area contributed by atoms with Gasteiger partial charge >= 0.3 is 0 Å². The minimum atomic E-state index is -0.0313. The summed E-state index contributed by atoms with van der Waals surface area (Å²) in [4.78, 5) is 4.24. The summed E-state index contributed by atoms with van der Waals surface area (Å²) in [5.74, 6) is 0.924. The van der Waals surface area contributed by atoms with E-state index in [0.29, 0.717) is 0 Å². The van der Waals surface area contributed by atoms with Crippen LogP contribution >= 0.6 is 0 Å². The van der Waals surface area contributed by atoms with Gasteiger partial charge in [0.05, 0.1) is 24.6 Å². The van der Waals surface area contributed by atoms with Gasteiger partial charge in [0.25, 0.3) is 0 Å². The normalized spacial score (nSPS) is 20.5. The lowest BCUT2D eigenvalue weighted by Crippen LogP contribution is -2.17. The Labute approximate surface area is 77.2 Å². The smallest absolute Gasteiger partial charge is 0.0981 e.